The van der Waals surface area contributed by atoms with Crippen LogP contribution in [-0.4, -0.2) is 25.8 Å². The Balaban J connectivity index is 3.03. The minimum atomic E-state index is 0.112. The average Bonchev–Trinajstić information content (AvgIpc) is 2.14. The molecule has 0 saturated heterocycles. The highest BCUT2D eigenvalue weighted by molar-refractivity contribution is 4.59. The van der Waals surface area contributed by atoms with Crippen molar-refractivity contribution < 1.29 is 0 Å². The molecule has 4 heteroatoms. The molecule has 0 aliphatic rings. The van der Waals surface area contributed by atoms with Gasteiger partial charge in [0.2, 0.25) is 0 Å². The van der Waals surface area contributed by atoms with E-state index in [9.17, 15) is 0 Å². The van der Waals surface area contributed by atoms with Crippen LogP contribution in [0, 0.1) is 0 Å². The van der Waals surface area contributed by atoms with Crippen molar-refractivity contribution in [1.29, 1.82) is 0 Å². The number of nitrogens with one attached hydrogen (secondary N) is 1. The SMILES string of the molecule is NCCCCCNC(N)CCCN. The van der Waals surface area contributed by atoms with Gasteiger partial charge in [-0.15, -0.1) is 0 Å². The first-order valence-corrected chi connectivity index (χ1v) is 5.20. The summed E-state index contributed by atoms with van der Waals surface area (Å²) in [5.74, 6) is 0. The standard InChI is InChI=1S/C9H24N4/c10-6-2-1-3-8-13-9(12)5-4-7-11/h9,13H,1-8,10-12H2. The molecule has 13 heavy (non-hydrogen) atoms. The summed E-state index contributed by atoms with van der Waals surface area (Å²) in [7, 11) is 0. The van der Waals surface area contributed by atoms with Gasteiger partial charge in [0.1, 0.15) is 0 Å². The topological polar surface area (TPSA) is 90.1 Å². The molecular weight excluding hydrogens is 164 g/mol. The van der Waals surface area contributed by atoms with Gasteiger partial charge in [-0.25, -0.2) is 0 Å². The van der Waals surface area contributed by atoms with Crippen molar-refractivity contribution in [2.75, 3.05) is 19.6 Å². The molecule has 0 aliphatic heterocycles. The Hall–Kier alpha value is -0.160. The van der Waals surface area contributed by atoms with E-state index in [1.54, 1.807) is 0 Å². The van der Waals surface area contributed by atoms with Crippen LogP contribution in [0.2, 0.25) is 0 Å². The molecule has 0 aliphatic carbocycles. The van der Waals surface area contributed by atoms with Gasteiger partial charge in [-0.3, -0.25) is 0 Å². The van der Waals surface area contributed by atoms with Crippen molar-refractivity contribution in [2.24, 2.45) is 17.2 Å². The fraction of sp³-hybridized carbons (Fsp3) is 1.00. The smallest absolute Gasteiger partial charge is 0.0546 e. The lowest BCUT2D eigenvalue weighted by Crippen LogP contribution is -2.38. The number of nitrogens with two attached hydrogens (primary N) is 3. The molecule has 0 rings (SSSR count). The van der Waals surface area contributed by atoms with Crippen LogP contribution in [0.3, 0.4) is 0 Å². The van der Waals surface area contributed by atoms with Crippen LogP contribution >= 0.6 is 0 Å². The summed E-state index contributed by atoms with van der Waals surface area (Å²) in [5, 5.41) is 3.26. The van der Waals surface area contributed by atoms with Crippen LogP contribution in [0.1, 0.15) is 32.1 Å². The van der Waals surface area contributed by atoms with Crippen molar-refractivity contribution >= 4 is 0 Å². The van der Waals surface area contributed by atoms with Crippen molar-refractivity contribution in [3.8, 4) is 0 Å². The third-order valence-electron chi connectivity index (χ3n) is 2.01. The van der Waals surface area contributed by atoms with Crippen LogP contribution in [0.25, 0.3) is 0 Å². The largest absolute Gasteiger partial charge is 0.330 e. The zero-order valence-electron chi connectivity index (χ0n) is 8.47. The normalized spacial score (nSPS) is 13.2. The van der Waals surface area contributed by atoms with E-state index in [1.165, 1.54) is 6.42 Å². The first kappa shape index (κ1) is 12.8. The van der Waals surface area contributed by atoms with Gasteiger partial charge in [0.25, 0.3) is 0 Å². The van der Waals surface area contributed by atoms with Gasteiger partial charge in [-0.2, -0.15) is 0 Å². The van der Waals surface area contributed by atoms with Crippen LogP contribution in [0.15, 0.2) is 0 Å². The summed E-state index contributed by atoms with van der Waals surface area (Å²) in [6.45, 7) is 2.51. The molecule has 1 unspecified atom stereocenters. The van der Waals surface area contributed by atoms with Crippen molar-refractivity contribution in [1.82, 2.24) is 5.32 Å². The maximum absolute atomic E-state index is 5.78. The minimum absolute atomic E-state index is 0.112. The molecule has 0 radical (unpaired) electrons. The molecule has 7 N–H and O–H groups in total. The molecule has 0 saturated carbocycles. The Morgan fingerprint density at radius 1 is 0.923 bits per heavy atom. The van der Waals surface area contributed by atoms with Crippen molar-refractivity contribution in [2.45, 2.75) is 38.3 Å². The Morgan fingerprint density at radius 2 is 1.62 bits per heavy atom. The fourth-order valence-corrected chi connectivity index (χ4v) is 1.17. The predicted molar refractivity (Wildman–Crippen MR) is 57.2 cm³/mol. The van der Waals surface area contributed by atoms with Crippen molar-refractivity contribution in [3.05, 3.63) is 0 Å². The predicted octanol–water partition coefficient (Wildman–Crippen LogP) is -0.271. The molecule has 0 aromatic carbocycles. The lowest BCUT2D eigenvalue weighted by molar-refractivity contribution is 0.470. The molecule has 0 fully saturated rings. The van der Waals surface area contributed by atoms with Gasteiger partial charge in [0, 0.05) is 0 Å². The molecule has 0 aromatic heterocycles. The lowest BCUT2D eigenvalue weighted by Gasteiger charge is -2.12. The van der Waals surface area contributed by atoms with E-state index in [0.29, 0.717) is 0 Å². The van der Waals surface area contributed by atoms with Gasteiger partial charge in [-0.1, -0.05) is 6.42 Å². The summed E-state index contributed by atoms with van der Waals surface area (Å²) in [4.78, 5) is 0. The zero-order chi connectivity index (χ0) is 9.94. The first-order chi connectivity index (χ1) is 6.31. The maximum atomic E-state index is 5.78. The quantitative estimate of drug-likeness (QED) is 0.296. The highest BCUT2D eigenvalue weighted by Gasteiger charge is 1.98. The first-order valence-electron chi connectivity index (χ1n) is 5.20. The second kappa shape index (κ2) is 9.92. The van der Waals surface area contributed by atoms with Gasteiger partial charge < -0.3 is 22.5 Å². The third kappa shape index (κ3) is 9.76. The molecule has 1 atom stereocenters. The maximum Gasteiger partial charge on any atom is 0.0546 e. The Kier molecular flexibility index (Phi) is 9.80. The summed E-state index contributed by atoms with van der Waals surface area (Å²) < 4.78 is 0. The van der Waals surface area contributed by atoms with Crippen molar-refractivity contribution in [3.63, 3.8) is 0 Å². The summed E-state index contributed by atoms with van der Waals surface area (Å²) in [6.07, 6.45) is 5.53. The molecule has 4 nitrogen and oxygen atoms in total. The molecule has 80 valence electrons. The van der Waals surface area contributed by atoms with E-state index in [4.69, 9.17) is 17.2 Å². The molecular formula is C9H24N4. The molecule has 0 amide bonds. The minimum Gasteiger partial charge on any atom is -0.330 e. The Bertz CT molecular complexity index is 97.6. The van der Waals surface area contributed by atoms with E-state index < -0.39 is 0 Å². The second-order valence-electron chi connectivity index (χ2n) is 3.34. The summed E-state index contributed by atoms with van der Waals surface area (Å²) >= 11 is 0. The third-order valence-corrected chi connectivity index (χ3v) is 2.01. The molecule has 0 aromatic rings. The van der Waals surface area contributed by atoms with Crippen LogP contribution in [0.4, 0.5) is 0 Å². The Labute approximate surface area is 81.2 Å². The second-order valence-corrected chi connectivity index (χ2v) is 3.34. The average molecular weight is 188 g/mol. The van der Waals surface area contributed by atoms with Crippen LogP contribution in [-0.2, 0) is 0 Å². The van der Waals surface area contributed by atoms with Crippen LogP contribution in [0.5, 0.6) is 0 Å². The molecule has 0 spiro atoms. The van der Waals surface area contributed by atoms with Gasteiger partial charge >= 0.3 is 0 Å². The Morgan fingerprint density at radius 3 is 2.23 bits per heavy atom. The van der Waals surface area contributed by atoms with Gasteiger partial charge in [0.05, 0.1) is 6.17 Å². The van der Waals surface area contributed by atoms with E-state index in [0.717, 1.165) is 45.3 Å². The lowest BCUT2D eigenvalue weighted by atomic mass is 10.2. The van der Waals surface area contributed by atoms with Gasteiger partial charge in [-0.05, 0) is 45.3 Å². The summed E-state index contributed by atoms with van der Waals surface area (Å²) in [5.41, 5.74) is 16.5. The number of unbranched alkanes of at least 4 members (excludes halogenated alkanes) is 2. The molecule has 0 bridgehead atoms. The highest BCUT2D eigenvalue weighted by Crippen LogP contribution is 1.93. The highest BCUT2D eigenvalue weighted by atomic mass is 15.0. The monoisotopic (exact) mass is 188 g/mol. The summed E-state index contributed by atoms with van der Waals surface area (Å²) in [6, 6.07) is 0. The fourth-order valence-electron chi connectivity index (χ4n) is 1.17. The van der Waals surface area contributed by atoms with E-state index in [2.05, 4.69) is 5.32 Å². The van der Waals surface area contributed by atoms with E-state index >= 15 is 0 Å². The number of hydrogen-bond donors (Lipinski definition) is 4. The number of rotatable bonds is 9. The van der Waals surface area contributed by atoms with Crippen LogP contribution < -0.4 is 22.5 Å². The van der Waals surface area contributed by atoms with Gasteiger partial charge in [0.15, 0.2) is 0 Å². The zero-order valence-corrected chi connectivity index (χ0v) is 8.47. The van der Waals surface area contributed by atoms with E-state index in [-0.39, 0.29) is 6.17 Å². The molecule has 0 heterocycles. The number of hydrogen-bond acceptors (Lipinski definition) is 4. The van der Waals surface area contributed by atoms with E-state index in [1.807, 2.05) is 0 Å².